The molecule has 1 aromatic rings. The monoisotopic (exact) mass is 349 g/mol. The molecule has 1 aliphatic heterocycles. The number of hydrogen-bond acceptors (Lipinski definition) is 4. The summed E-state index contributed by atoms with van der Waals surface area (Å²) in [6.07, 6.45) is 1.64. The maximum Gasteiger partial charge on any atom is 0.253 e. The summed E-state index contributed by atoms with van der Waals surface area (Å²) in [7, 11) is 1.63. The van der Waals surface area contributed by atoms with Crippen LogP contribution in [0.3, 0.4) is 0 Å². The van der Waals surface area contributed by atoms with Gasteiger partial charge in [0.1, 0.15) is 4.34 Å². The van der Waals surface area contributed by atoms with Gasteiger partial charge in [0, 0.05) is 26.2 Å². The Hall–Kier alpha value is -0.820. The highest BCUT2D eigenvalue weighted by molar-refractivity contribution is 7.20. The molecule has 0 aromatic carbocycles. The van der Waals surface area contributed by atoms with E-state index in [1.807, 2.05) is 0 Å². The van der Waals surface area contributed by atoms with E-state index in [1.165, 1.54) is 11.3 Å². The first kappa shape index (κ1) is 16.5. The molecule has 0 unspecified atom stereocenters. The zero-order chi connectivity index (χ0) is 15.4. The van der Waals surface area contributed by atoms with Gasteiger partial charge in [0.2, 0.25) is 5.91 Å². The van der Waals surface area contributed by atoms with Crippen molar-refractivity contribution >= 4 is 46.4 Å². The summed E-state index contributed by atoms with van der Waals surface area (Å²) in [6, 6.07) is 1.69. The van der Waals surface area contributed by atoms with Gasteiger partial charge in [-0.15, -0.1) is 11.3 Å². The Balaban J connectivity index is 1.82. The van der Waals surface area contributed by atoms with Crippen LogP contribution in [0.2, 0.25) is 8.67 Å². The van der Waals surface area contributed by atoms with Crippen molar-refractivity contribution in [2.75, 3.05) is 26.7 Å². The van der Waals surface area contributed by atoms with E-state index < -0.39 is 0 Å². The molecule has 8 heteroatoms. The number of nitrogens with one attached hydrogen (secondary N) is 2. The first-order valence-corrected chi connectivity index (χ1v) is 8.25. The van der Waals surface area contributed by atoms with Crippen LogP contribution >= 0.6 is 34.5 Å². The molecule has 1 fully saturated rings. The molecule has 0 spiro atoms. The highest BCUT2D eigenvalue weighted by Crippen LogP contribution is 2.31. The maximum atomic E-state index is 12.1. The van der Waals surface area contributed by atoms with Gasteiger partial charge in [-0.2, -0.15) is 0 Å². The van der Waals surface area contributed by atoms with E-state index in [0.29, 0.717) is 20.8 Å². The molecule has 2 heterocycles. The summed E-state index contributed by atoms with van der Waals surface area (Å²) >= 11 is 13.0. The average Bonchev–Trinajstić information content (AvgIpc) is 2.80. The molecule has 2 N–H and O–H groups in total. The lowest BCUT2D eigenvalue weighted by Gasteiger charge is -2.31. The number of nitrogens with zero attached hydrogens (tertiary/aromatic N) is 1. The molecule has 21 heavy (non-hydrogen) atoms. The van der Waals surface area contributed by atoms with Crippen LogP contribution in [0.5, 0.6) is 0 Å². The third-order valence-corrected chi connectivity index (χ3v) is 4.96. The minimum Gasteiger partial charge on any atom is -0.358 e. The summed E-state index contributed by atoms with van der Waals surface area (Å²) in [5, 5.41) is 5.58. The van der Waals surface area contributed by atoms with E-state index in [2.05, 4.69) is 15.5 Å². The lowest BCUT2D eigenvalue weighted by Crippen LogP contribution is -2.47. The fraction of sp³-hybridized carbons (Fsp3) is 0.538. The van der Waals surface area contributed by atoms with Crippen molar-refractivity contribution in [3.63, 3.8) is 0 Å². The van der Waals surface area contributed by atoms with E-state index in [4.69, 9.17) is 23.2 Å². The largest absolute Gasteiger partial charge is 0.358 e. The molecule has 0 bridgehead atoms. The summed E-state index contributed by atoms with van der Waals surface area (Å²) < 4.78 is 0.917. The van der Waals surface area contributed by atoms with E-state index in [1.54, 1.807) is 13.1 Å². The smallest absolute Gasteiger partial charge is 0.253 e. The summed E-state index contributed by atoms with van der Waals surface area (Å²) in [5.41, 5.74) is 0.430. The van der Waals surface area contributed by atoms with Crippen LogP contribution in [0.4, 0.5) is 0 Å². The van der Waals surface area contributed by atoms with Crippen LogP contribution in [0, 0.1) is 0 Å². The molecule has 5 nitrogen and oxygen atoms in total. The van der Waals surface area contributed by atoms with Crippen molar-refractivity contribution in [3.05, 3.63) is 20.3 Å². The molecule has 1 aliphatic rings. The standard InChI is InChI=1S/C13H17Cl2N3O2S/c1-16-11(19)7-18-4-2-8(3-5-18)17-13(20)9-6-10(14)21-12(9)15/h6,8H,2-5,7H2,1H3,(H,16,19)(H,17,20). The van der Waals surface area contributed by atoms with Crippen LogP contribution in [-0.2, 0) is 4.79 Å². The van der Waals surface area contributed by atoms with Crippen LogP contribution in [-0.4, -0.2) is 49.4 Å². The number of halogens is 2. The van der Waals surface area contributed by atoms with Crippen molar-refractivity contribution in [1.82, 2.24) is 15.5 Å². The number of likely N-dealkylation sites (tertiary alicyclic amines) is 1. The van der Waals surface area contributed by atoms with Gasteiger partial charge < -0.3 is 10.6 Å². The SMILES string of the molecule is CNC(=O)CN1CCC(NC(=O)c2cc(Cl)sc2Cl)CC1. The highest BCUT2D eigenvalue weighted by atomic mass is 35.5. The first-order chi connectivity index (χ1) is 9.99. The van der Waals surface area contributed by atoms with Gasteiger partial charge >= 0.3 is 0 Å². The number of hydrogen-bond donors (Lipinski definition) is 2. The zero-order valence-corrected chi connectivity index (χ0v) is 13.9. The van der Waals surface area contributed by atoms with E-state index >= 15 is 0 Å². The fourth-order valence-corrected chi connectivity index (χ4v) is 3.73. The Kier molecular flexibility index (Phi) is 5.87. The van der Waals surface area contributed by atoms with Gasteiger partial charge in [0.15, 0.2) is 0 Å². The summed E-state index contributed by atoms with van der Waals surface area (Å²) in [6.45, 7) is 1.98. The average molecular weight is 350 g/mol. The van der Waals surface area contributed by atoms with Gasteiger partial charge in [-0.05, 0) is 18.9 Å². The number of carbonyl (C=O) groups is 2. The molecule has 2 rings (SSSR count). The van der Waals surface area contributed by atoms with Crippen molar-refractivity contribution in [3.8, 4) is 0 Å². The molecule has 2 amide bonds. The van der Waals surface area contributed by atoms with Crippen LogP contribution in [0.1, 0.15) is 23.2 Å². The molecule has 0 atom stereocenters. The van der Waals surface area contributed by atoms with Crippen molar-refractivity contribution < 1.29 is 9.59 Å². The molecular weight excluding hydrogens is 333 g/mol. The van der Waals surface area contributed by atoms with Gasteiger partial charge in [-0.25, -0.2) is 0 Å². The Labute approximate surface area is 137 Å². The fourth-order valence-electron chi connectivity index (χ4n) is 2.28. The Morgan fingerprint density at radius 1 is 1.38 bits per heavy atom. The van der Waals surface area contributed by atoms with Crippen LogP contribution < -0.4 is 10.6 Å². The molecule has 1 aromatic heterocycles. The molecular formula is C13H17Cl2N3O2S. The molecule has 0 aliphatic carbocycles. The topological polar surface area (TPSA) is 61.4 Å². The quantitative estimate of drug-likeness (QED) is 0.873. The Morgan fingerprint density at radius 2 is 2.05 bits per heavy atom. The number of likely N-dealkylation sites (N-methyl/N-ethyl adjacent to an activating group) is 1. The maximum absolute atomic E-state index is 12.1. The molecule has 116 valence electrons. The van der Waals surface area contributed by atoms with Crippen LogP contribution in [0.15, 0.2) is 6.07 Å². The Bertz CT molecular complexity index is 527. The number of amides is 2. The normalized spacial score (nSPS) is 16.7. The number of rotatable bonds is 4. The van der Waals surface area contributed by atoms with Gasteiger partial charge in [-0.1, -0.05) is 23.2 Å². The first-order valence-electron chi connectivity index (χ1n) is 6.68. The van der Waals surface area contributed by atoms with Gasteiger partial charge in [0.05, 0.1) is 16.4 Å². The molecule has 0 saturated carbocycles. The minimum atomic E-state index is -0.187. The lowest BCUT2D eigenvalue weighted by atomic mass is 10.0. The second kappa shape index (κ2) is 7.45. The second-order valence-electron chi connectivity index (χ2n) is 4.93. The van der Waals surface area contributed by atoms with E-state index in [9.17, 15) is 9.59 Å². The third kappa shape index (κ3) is 4.57. The predicted molar refractivity (Wildman–Crippen MR) is 85.3 cm³/mol. The number of piperidine rings is 1. The lowest BCUT2D eigenvalue weighted by molar-refractivity contribution is -0.122. The van der Waals surface area contributed by atoms with E-state index in [-0.39, 0.29) is 17.9 Å². The predicted octanol–water partition coefficient (Wildman–Crippen LogP) is 2.00. The van der Waals surface area contributed by atoms with Crippen molar-refractivity contribution in [1.29, 1.82) is 0 Å². The van der Waals surface area contributed by atoms with Crippen molar-refractivity contribution in [2.45, 2.75) is 18.9 Å². The number of thiophene rings is 1. The van der Waals surface area contributed by atoms with Crippen molar-refractivity contribution in [2.24, 2.45) is 0 Å². The second-order valence-corrected chi connectivity index (χ2v) is 7.22. The van der Waals surface area contributed by atoms with Gasteiger partial charge in [-0.3, -0.25) is 14.5 Å². The zero-order valence-electron chi connectivity index (χ0n) is 11.6. The van der Waals surface area contributed by atoms with Gasteiger partial charge in [0.25, 0.3) is 5.91 Å². The Morgan fingerprint density at radius 3 is 2.57 bits per heavy atom. The third-order valence-electron chi connectivity index (χ3n) is 3.47. The highest BCUT2D eigenvalue weighted by Gasteiger charge is 2.23. The number of carbonyl (C=O) groups excluding carboxylic acids is 2. The minimum absolute atomic E-state index is 0.0113. The van der Waals surface area contributed by atoms with Crippen LogP contribution in [0.25, 0.3) is 0 Å². The van der Waals surface area contributed by atoms with E-state index in [0.717, 1.165) is 25.9 Å². The molecule has 0 radical (unpaired) electrons. The summed E-state index contributed by atoms with van der Waals surface area (Å²) in [5.74, 6) is -0.176. The summed E-state index contributed by atoms with van der Waals surface area (Å²) in [4.78, 5) is 25.5. The molecule has 1 saturated heterocycles.